The van der Waals surface area contributed by atoms with Crippen molar-refractivity contribution in [3.05, 3.63) is 247 Å². The van der Waals surface area contributed by atoms with Crippen LogP contribution in [0.2, 0.25) is 0 Å². The predicted molar refractivity (Wildman–Crippen MR) is 263 cm³/mol. The molecule has 1 spiro atoms. The zero-order valence-electron chi connectivity index (χ0n) is 34.6. The average molecular weight is 816 g/mol. The Labute approximate surface area is 369 Å². The third kappa shape index (κ3) is 4.81. The molecule has 3 nitrogen and oxygen atoms in total. The number of benzene rings is 10. The largest absolute Gasteiger partial charge is 0.456 e. The summed E-state index contributed by atoms with van der Waals surface area (Å²) >= 11 is 0. The quantitative estimate of drug-likeness (QED) is 0.173. The van der Waals surface area contributed by atoms with Gasteiger partial charge in [-0.1, -0.05) is 164 Å². The van der Waals surface area contributed by atoms with Gasteiger partial charge in [-0.2, -0.15) is 0 Å². The Morgan fingerprint density at radius 1 is 0.281 bits per heavy atom. The molecule has 2 aliphatic carbocycles. The van der Waals surface area contributed by atoms with Crippen LogP contribution in [-0.4, -0.2) is 0 Å². The highest BCUT2D eigenvalue weighted by molar-refractivity contribution is 6.09. The van der Waals surface area contributed by atoms with Crippen LogP contribution in [0.15, 0.2) is 233 Å². The van der Waals surface area contributed by atoms with Crippen LogP contribution >= 0.6 is 0 Å². The maximum Gasteiger partial charge on any atom is 0.135 e. The van der Waals surface area contributed by atoms with E-state index in [2.05, 4.69) is 205 Å². The zero-order chi connectivity index (χ0) is 41.9. The summed E-state index contributed by atoms with van der Waals surface area (Å²) in [6.07, 6.45) is 0. The normalized spacial score (nSPS) is 13.1. The SMILES string of the molecule is c1ccc(N(c2ccc3c(c2)C2(c4ccccc4-c4ccccc42)c2ccccc2-3)c2ccccc2-c2ccc3oc4ccccc4c3c2)c(-c2ccc3oc4ccccc4c3c2)c1. The van der Waals surface area contributed by atoms with Gasteiger partial charge in [0.15, 0.2) is 0 Å². The maximum atomic E-state index is 6.32. The second-order valence-corrected chi connectivity index (χ2v) is 17.1. The molecule has 0 saturated heterocycles. The van der Waals surface area contributed by atoms with Gasteiger partial charge < -0.3 is 13.7 Å². The summed E-state index contributed by atoms with van der Waals surface area (Å²) < 4.78 is 12.6. The molecule has 14 rings (SSSR count). The minimum Gasteiger partial charge on any atom is -0.456 e. The first kappa shape index (κ1) is 35.2. The van der Waals surface area contributed by atoms with Crippen molar-refractivity contribution in [2.24, 2.45) is 0 Å². The summed E-state index contributed by atoms with van der Waals surface area (Å²) in [4.78, 5) is 2.49. The summed E-state index contributed by atoms with van der Waals surface area (Å²) in [5, 5.41) is 4.43. The number of furan rings is 2. The highest BCUT2D eigenvalue weighted by Gasteiger charge is 2.51. The molecule has 298 valence electrons. The van der Waals surface area contributed by atoms with E-state index in [-0.39, 0.29) is 0 Å². The maximum absolute atomic E-state index is 6.32. The summed E-state index contributed by atoms with van der Waals surface area (Å²) in [6.45, 7) is 0. The van der Waals surface area contributed by atoms with E-state index < -0.39 is 5.41 Å². The van der Waals surface area contributed by atoms with Crippen LogP contribution in [-0.2, 0) is 5.41 Å². The molecule has 0 N–H and O–H groups in total. The van der Waals surface area contributed by atoms with E-state index in [9.17, 15) is 0 Å². The molecule has 0 unspecified atom stereocenters. The van der Waals surface area contributed by atoms with Crippen molar-refractivity contribution < 1.29 is 8.83 Å². The monoisotopic (exact) mass is 815 g/mol. The lowest BCUT2D eigenvalue weighted by Gasteiger charge is -2.33. The lowest BCUT2D eigenvalue weighted by molar-refractivity contribution is 0.668. The van der Waals surface area contributed by atoms with E-state index in [1.165, 1.54) is 44.5 Å². The first-order chi connectivity index (χ1) is 31.7. The van der Waals surface area contributed by atoms with E-state index in [0.717, 1.165) is 83.2 Å². The fraction of sp³-hybridized carbons (Fsp3) is 0.0164. The van der Waals surface area contributed by atoms with E-state index in [1.807, 2.05) is 24.3 Å². The average Bonchev–Trinajstić information content (AvgIpc) is 4.09. The molecule has 0 fully saturated rings. The second-order valence-electron chi connectivity index (χ2n) is 17.1. The molecule has 2 aliphatic rings. The van der Waals surface area contributed by atoms with Crippen molar-refractivity contribution in [1.29, 1.82) is 0 Å². The number of rotatable bonds is 5. The number of hydrogen-bond acceptors (Lipinski definition) is 3. The van der Waals surface area contributed by atoms with E-state index >= 15 is 0 Å². The highest BCUT2D eigenvalue weighted by atomic mass is 16.3. The van der Waals surface area contributed by atoms with Gasteiger partial charge in [-0.15, -0.1) is 0 Å². The minimum absolute atomic E-state index is 0.486. The molecule has 2 aromatic heterocycles. The molecule has 0 aliphatic heterocycles. The number of para-hydroxylation sites is 4. The number of nitrogens with zero attached hydrogens (tertiary/aromatic N) is 1. The first-order valence-corrected chi connectivity index (χ1v) is 22.0. The van der Waals surface area contributed by atoms with Crippen molar-refractivity contribution in [1.82, 2.24) is 0 Å². The van der Waals surface area contributed by atoms with Crippen LogP contribution in [0.4, 0.5) is 17.1 Å². The van der Waals surface area contributed by atoms with E-state index in [1.54, 1.807) is 0 Å². The van der Waals surface area contributed by atoms with E-state index in [0.29, 0.717) is 0 Å². The Morgan fingerprint density at radius 3 is 1.17 bits per heavy atom. The fourth-order valence-electron chi connectivity index (χ4n) is 11.2. The number of fused-ring (bicyclic) bond motifs is 16. The van der Waals surface area contributed by atoms with Gasteiger partial charge in [0, 0.05) is 38.4 Å². The van der Waals surface area contributed by atoms with Crippen LogP contribution in [0.25, 0.3) is 88.4 Å². The van der Waals surface area contributed by atoms with Gasteiger partial charge in [-0.25, -0.2) is 0 Å². The molecular weight excluding hydrogens is 779 g/mol. The van der Waals surface area contributed by atoms with Gasteiger partial charge in [0.25, 0.3) is 0 Å². The van der Waals surface area contributed by atoms with Crippen LogP contribution in [0.3, 0.4) is 0 Å². The molecule has 12 aromatic rings. The van der Waals surface area contributed by atoms with Crippen molar-refractivity contribution in [2.75, 3.05) is 4.90 Å². The van der Waals surface area contributed by atoms with Crippen molar-refractivity contribution in [3.63, 3.8) is 0 Å². The van der Waals surface area contributed by atoms with Crippen LogP contribution < -0.4 is 4.90 Å². The Hall–Kier alpha value is -8.40. The van der Waals surface area contributed by atoms with E-state index in [4.69, 9.17) is 8.83 Å². The van der Waals surface area contributed by atoms with Gasteiger partial charge in [0.1, 0.15) is 22.3 Å². The van der Waals surface area contributed by atoms with Gasteiger partial charge in [0.2, 0.25) is 0 Å². The fourth-order valence-corrected chi connectivity index (χ4v) is 11.2. The standard InChI is InChI=1S/C61H37NO2/c1-8-22-51-43(17-1)44-18-2-9-23-52(44)61(51)53-24-10-3-19-45(53)46-32-31-40(37-54(46)61)62(55-25-11-4-15-41(55)38-29-33-59-49(35-38)47-20-6-13-27-57(47)63-59)56-26-12-5-16-42(56)39-30-34-60-50(36-39)48-21-7-14-28-58(48)64-60/h1-37H. The molecule has 0 atom stereocenters. The molecule has 64 heavy (non-hydrogen) atoms. The van der Waals surface area contributed by atoms with Crippen LogP contribution in [0.5, 0.6) is 0 Å². The molecule has 3 heteroatoms. The molecule has 0 amide bonds. The Morgan fingerprint density at radius 2 is 0.672 bits per heavy atom. The first-order valence-electron chi connectivity index (χ1n) is 22.0. The molecular formula is C61H37NO2. The zero-order valence-corrected chi connectivity index (χ0v) is 34.6. The Bertz CT molecular complexity index is 3660. The summed E-state index contributed by atoms with van der Waals surface area (Å²) in [7, 11) is 0. The molecule has 0 bridgehead atoms. The smallest absolute Gasteiger partial charge is 0.135 e. The summed E-state index contributed by atoms with van der Waals surface area (Å²) in [5.41, 5.74) is 21.2. The van der Waals surface area contributed by atoms with Crippen molar-refractivity contribution in [2.45, 2.75) is 5.41 Å². The number of hydrogen-bond donors (Lipinski definition) is 0. The lowest BCUT2D eigenvalue weighted by atomic mass is 9.70. The Balaban J connectivity index is 1.05. The molecule has 10 aromatic carbocycles. The highest BCUT2D eigenvalue weighted by Crippen LogP contribution is 2.63. The third-order valence-electron chi connectivity index (χ3n) is 13.9. The predicted octanol–water partition coefficient (Wildman–Crippen LogP) is 16.6. The third-order valence-corrected chi connectivity index (χ3v) is 13.9. The van der Waals surface area contributed by atoms with Crippen LogP contribution in [0, 0.1) is 0 Å². The molecule has 2 heterocycles. The summed E-state index contributed by atoms with van der Waals surface area (Å²) in [6, 6.07) is 81.8. The summed E-state index contributed by atoms with van der Waals surface area (Å²) in [5.74, 6) is 0. The minimum atomic E-state index is -0.486. The molecule has 0 radical (unpaired) electrons. The van der Waals surface area contributed by atoms with Crippen molar-refractivity contribution >= 4 is 60.9 Å². The second kappa shape index (κ2) is 13.3. The lowest BCUT2D eigenvalue weighted by Crippen LogP contribution is -2.26. The van der Waals surface area contributed by atoms with Gasteiger partial charge in [-0.3, -0.25) is 0 Å². The topological polar surface area (TPSA) is 29.5 Å². The van der Waals surface area contributed by atoms with Gasteiger partial charge in [0.05, 0.1) is 16.8 Å². The molecule has 0 saturated carbocycles. The number of anilines is 3. The van der Waals surface area contributed by atoms with Crippen molar-refractivity contribution in [3.8, 4) is 44.5 Å². The van der Waals surface area contributed by atoms with Crippen LogP contribution in [0.1, 0.15) is 22.3 Å². The van der Waals surface area contributed by atoms with Gasteiger partial charge >= 0.3 is 0 Å². The van der Waals surface area contributed by atoms with Gasteiger partial charge in [-0.05, 0) is 116 Å². The Kier molecular flexibility index (Phi) is 7.32.